The van der Waals surface area contributed by atoms with Crippen molar-refractivity contribution < 1.29 is 9.53 Å². The lowest BCUT2D eigenvalue weighted by Gasteiger charge is -2.13. The van der Waals surface area contributed by atoms with Crippen LogP contribution in [0.1, 0.15) is 18.2 Å². The van der Waals surface area contributed by atoms with E-state index in [1.807, 2.05) is 18.4 Å². The molecule has 0 radical (unpaired) electrons. The zero-order valence-corrected chi connectivity index (χ0v) is 13.1. The van der Waals surface area contributed by atoms with E-state index in [0.717, 1.165) is 10.9 Å². The molecule has 0 fully saturated rings. The first-order valence-electron chi connectivity index (χ1n) is 5.87. The number of thiophene rings is 1. The minimum atomic E-state index is -0.193. The van der Waals surface area contributed by atoms with Gasteiger partial charge >= 0.3 is 0 Å². The Hall–Kier alpha value is -0.430. The third-order valence-electron chi connectivity index (χ3n) is 2.48. The summed E-state index contributed by atoms with van der Waals surface area (Å²) in [5, 5.41) is 8.10. The SMILES string of the molecule is COCCCNC(=O)C(C)NCc1sccc1Br. The van der Waals surface area contributed by atoms with Crippen LogP contribution in [0, 0.1) is 0 Å². The third-order valence-corrected chi connectivity index (χ3v) is 4.40. The summed E-state index contributed by atoms with van der Waals surface area (Å²) < 4.78 is 6.01. The largest absolute Gasteiger partial charge is 0.385 e. The lowest BCUT2D eigenvalue weighted by atomic mass is 10.3. The van der Waals surface area contributed by atoms with Gasteiger partial charge in [-0.25, -0.2) is 0 Å². The molecule has 4 nitrogen and oxygen atoms in total. The predicted octanol–water partition coefficient (Wildman–Crippen LogP) is 2.14. The Labute approximate surface area is 120 Å². The predicted molar refractivity (Wildman–Crippen MR) is 77.8 cm³/mol. The number of rotatable bonds is 8. The fraction of sp³-hybridized carbons (Fsp3) is 0.583. The molecule has 6 heteroatoms. The number of hydrogen-bond acceptors (Lipinski definition) is 4. The Morgan fingerprint density at radius 1 is 1.61 bits per heavy atom. The highest BCUT2D eigenvalue weighted by Gasteiger charge is 2.12. The second kappa shape index (κ2) is 8.63. The van der Waals surface area contributed by atoms with Crippen molar-refractivity contribution in [1.29, 1.82) is 0 Å². The summed E-state index contributed by atoms with van der Waals surface area (Å²) >= 11 is 5.14. The minimum Gasteiger partial charge on any atom is -0.385 e. The lowest BCUT2D eigenvalue weighted by molar-refractivity contribution is -0.122. The number of halogens is 1. The molecule has 18 heavy (non-hydrogen) atoms. The smallest absolute Gasteiger partial charge is 0.236 e. The highest BCUT2D eigenvalue weighted by molar-refractivity contribution is 9.10. The molecular weight excluding hydrogens is 316 g/mol. The minimum absolute atomic E-state index is 0.0266. The first kappa shape index (κ1) is 15.6. The molecule has 0 aromatic carbocycles. The second-order valence-electron chi connectivity index (χ2n) is 3.93. The van der Waals surface area contributed by atoms with Crippen LogP contribution in [-0.4, -0.2) is 32.2 Å². The highest BCUT2D eigenvalue weighted by atomic mass is 79.9. The molecule has 1 rings (SSSR count). The van der Waals surface area contributed by atoms with E-state index in [1.165, 1.54) is 4.88 Å². The Morgan fingerprint density at radius 2 is 2.39 bits per heavy atom. The van der Waals surface area contributed by atoms with Gasteiger partial charge in [0.25, 0.3) is 0 Å². The van der Waals surface area contributed by atoms with Gasteiger partial charge in [0, 0.05) is 36.2 Å². The van der Waals surface area contributed by atoms with Crippen molar-refractivity contribution in [1.82, 2.24) is 10.6 Å². The normalized spacial score (nSPS) is 12.4. The van der Waals surface area contributed by atoms with E-state index >= 15 is 0 Å². The number of ether oxygens (including phenoxy) is 1. The summed E-state index contributed by atoms with van der Waals surface area (Å²) in [4.78, 5) is 12.9. The average molecular weight is 335 g/mol. The van der Waals surface area contributed by atoms with Crippen LogP contribution in [0.15, 0.2) is 15.9 Å². The van der Waals surface area contributed by atoms with E-state index in [9.17, 15) is 4.79 Å². The van der Waals surface area contributed by atoms with Gasteiger partial charge in [-0.15, -0.1) is 11.3 Å². The number of methoxy groups -OCH3 is 1. The van der Waals surface area contributed by atoms with Gasteiger partial charge in [-0.1, -0.05) is 0 Å². The van der Waals surface area contributed by atoms with E-state index in [4.69, 9.17) is 4.74 Å². The molecule has 0 aliphatic heterocycles. The van der Waals surface area contributed by atoms with Crippen LogP contribution >= 0.6 is 27.3 Å². The van der Waals surface area contributed by atoms with Gasteiger partial charge < -0.3 is 15.4 Å². The highest BCUT2D eigenvalue weighted by Crippen LogP contribution is 2.22. The standard InChI is InChI=1S/C12H19BrN2O2S/c1-9(12(16)14-5-3-6-17-2)15-8-11-10(13)4-7-18-11/h4,7,9,15H,3,5-6,8H2,1-2H3,(H,14,16). The zero-order chi connectivity index (χ0) is 13.4. The summed E-state index contributed by atoms with van der Waals surface area (Å²) in [6.07, 6.45) is 0.839. The monoisotopic (exact) mass is 334 g/mol. The molecule has 1 atom stereocenters. The molecular formula is C12H19BrN2O2S. The Bertz CT molecular complexity index is 371. The molecule has 0 saturated carbocycles. The van der Waals surface area contributed by atoms with Crippen LogP contribution in [0.2, 0.25) is 0 Å². The number of carbonyl (C=O) groups is 1. The lowest BCUT2D eigenvalue weighted by Crippen LogP contribution is -2.42. The van der Waals surface area contributed by atoms with Gasteiger partial charge in [0.1, 0.15) is 0 Å². The van der Waals surface area contributed by atoms with Crippen LogP contribution in [-0.2, 0) is 16.1 Å². The molecule has 1 aromatic rings. The van der Waals surface area contributed by atoms with Crippen LogP contribution < -0.4 is 10.6 Å². The van der Waals surface area contributed by atoms with Crippen LogP contribution in [0.25, 0.3) is 0 Å². The molecule has 0 aliphatic carbocycles. The molecule has 0 bridgehead atoms. The Balaban J connectivity index is 2.21. The van der Waals surface area contributed by atoms with E-state index < -0.39 is 0 Å². The van der Waals surface area contributed by atoms with Crippen LogP contribution in [0.3, 0.4) is 0 Å². The van der Waals surface area contributed by atoms with Crippen molar-refractivity contribution in [2.24, 2.45) is 0 Å². The topological polar surface area (TPSA) is 50.4 Å². The van der Waals surface area contributed by atoms with Crippen molar-refractivity contribution in [2.45, 2.75) is 25.9 Å². The molecule has 2 N–H and O–H groups in total. The summed E-state index contributed by atoms with van der Waals surface area (Å²) in [6.45, 7) is 3.89. The van der Waals surface area contributed by atoms with E-state index in [2.05, 4.69) is 26.6 Å². The molecule has 0 spiro atoms. The Morgan fingerprint density at radius 3 is 3.00 bits per heavy atom. The maximum atomic E-state index is 11.7. The maximum Gasteiger partial charge on any atom is 0.236 e. The van der Waals surface area contributed by atoms with Crippen LogP contribution in [0.5, 0.6) is 0 Å². The fourth-order valence-corrected chi connectivity index (χ4v) is 2.81. The molecule has 0 saturated heterocycles. The van der Waals surface area contributed by atoms with Crippen molar-refractivity contribution in [3.63, 3.8) is 0 Å². The van der Waals surface area contributed by atoms with Gasteiger partial charge in [0.2, 0.25) is 5.91 Å². The first-order valence-corrected chi connectivity index (χ1v) is 7.54. The summed E-state index contributed by atoms with van der Waals surface area (Å²) in [5.41, 5.74) is 0. The van der Waals surface area contributed by atoms with Gasteiger partial charge in [-0.3, -0.25) is 4.79 Å². The third kappa shape index (κ3) is 5.48. The number of hydrogen-bond donors (Lipinski definition) is 2. The maximum absolute atomic E-state index is 11.7. The van der Waals surface area contributed by atoms with Gasteiger partial charge in [-0.2, -0.15) is 0 Å². The summed E-state index contributed by atoms with van der Waals surface area (Å²) in [6, 6.07) is 1.82. The van der Waals surface area contributed by atoms with Crippen molar-refractivity contribution >= 4 is 33.2 Å². The van der Waals surface area contributed by atoms with E-state index in [0.29, 0.717) is 19.7 Å². The summed E-state index contributed by atoms with van der Waals surface area (Å²) in [7, 11) is 1.66. The molecule has 1 heterocycles. The van der Waals surface area contributed by atoms with Crippen molar-refractivity contribution in [3.8, 4) is 0 Å². The van der Waals surface area contributed by atoms with Crippen LogP contribution in [0.4, 0.5) is 0 Å². The van der Waals surface area contributed by atoms with E-state index in [-0.39, 0.29) is 11.9 Å². The molecule has 0 aliphatic rings. The number of carbonyl (C=O) groups excluding carboxylic acids is 1. The van der Waals surface area contributed by atoms with Crippen molar-refractivity contribution in [2.75, 3.05) is 20.3 Å². The van der Waals surface area contributed by atoms with E-state index in [1.54, 1.807) is 18.4 Å². The molecule has 102 valence electrons. The van der Waals surface area contributed by atoms with Gasteiger partial charge in [0.05, 0.1) is 6.04 Å². The molecule has 1 amide bonds. The number of amides is 1. The molecule has 1 aromatic heterocycles. The average Bonchev–Trinajstić information content (AvgIpc) is 2.77. The van der Waals surface area contributed by atoms with Gasteiger partial charge in [-0.05, 0) is 40.7 Å². The molecule has 1 unspecified atom stereocenters. The van der Waals surface area contributed by atoms with Crippen molar-refractivity contribution in [3.05, 3.63) is 20.8 Å². The first-order chi connectivity index (χ1) is 8.65. The number of nitrogens with one attached hydrogen (secondary N) is 2. The fourth-order valence-electron chi connectivity index (χ4n) is 1.37. The second-order valence-corrected chi connectivity index (χ2v) is 5.79. The summed E-state index contributed by atoms with van der Waals surface area (Å²) in [5.74, 6) is 0.0266. The zero-order valence-electron chi connectivity index (χ0n) is 10.7. The quantitative estimate of drug-likeness (QED) is 0.716. The van der Waals surface area contributed by atoms with Gasteiger partial charge in [0.15, 0.2) is 0 Å². The Kier molecular flexibility index (Phi) is 7.50.